The van der Waals surface area contributed by atoms with Crippen molar-refractivity contribution in [1.82, 2.24) is 29.9 Å². The highest BCUT2D eigenvalue weighted by atomic mass is 32.2. The molecule has 2 aliphatic carbocycles. The molecule has 306 valence electrons. The van der Waals surface area contributed by atoms with E-state index in [1.807, 2.05) is 0 Å². The Morgan fingerprint density at radius 2 is 1.76 bits per heavy atom. The second kappa shape index (κ2) is 14.1. The fourth-order valence-electron chi connectivity index (χ4n) is 7.33. The van der Waals surface area contributed by atoms with Crippen LogP contribution in [0.5, 0.6) is 0 Å². The standard InChI is InChI=1S/C39H36F7N7O4S/c1-19(2)37(3,55)12-11-23-9-10-24(25-7-6-8-26-33(25)52(4)50-36(26)51-58(5,56)57)32(47-23)29(15-20-13-21(40)16-22(41)14-20)48-30(54)18-53-35-31(34(49-53)39(44,45)46)27-17-28(27)38(35,42)43/h6-10,13-14,16,19,27-29,55H,15,17-18H2,1-5H3,(H,48,54)(H,50,51)/t27-,28+,29?,37?/m0/s1. The highest BCUT2D eigenvalue weighted by Gasteiger charge is 2.68. The number of alkyl halides is 5. The highest BCUT2D eigenvalue weighted by Crippen LogP contribution is 2.68. The molecule has 1 fully saturated rings. The van der Waals surface area contributed by atoms with Gasteiger partial charge >= 0.3 is 6.18 Å². The van der Waals surface area contributed by atoms with Crippen LogP contribution in [-0.2, 0) is 46.9 Å². The predicted octanol–water partition coefficient (Wildman–Crippen LogP) is 6.57. The number of carbonyl (C=O) groups excluding carboxylic acids is 1. The number of aliphatic hydroxyl groups is 1. The van der Waals surface area contributed by atoms with Crippen LogP contribution in [0, 0.1) is 35.3 Å². The van der Waals surface area contributed by atoms with Crippen LogP contribution in [-0.4, -0.2) is 55.8 Å². The molecule has 2 aromatic carbocycles. The van der Waals surface area contributed by atoms with Crippen LogP contribution in [0.3, 0.4) is 0 Å². The molecule has 11 nitrogen and oxygen atoms in total. The minimum absolute atomic E-state index is 0.00530. The Bertz CT molecular complexity index is 2640. The molecule has 2 unspecified atom stereocenters. The van der Waals surface area contributed by atoms with Crippen molar-refractivity contribution >= 4 is 32.7 Å². The number of nitrogens with one attached hydrogen (secondary N) is 2. The molecule has 2 aliphatic rings. The molecule has 0 aliphatic heterocycles. The number of sulfonamides is 1. The van der Waals surface area contributed by atoms with Crippen molar-refractivity contribution in [2.24, 2.45) is 18.9 Å². The predicted molar refractivity (Wildman–Crippen MR) is 198 cm³/mol. The van der Waals surface area contributed by atoms with Gasteiger partial charge in [0.1, 0.15) is 35.2 Å². The zero-order valence-corrected chi connectivity index (χ0v) is 32.3. The van der Waals surface area contributed by atoms with E-state index in [9.17, 15) is 40.3 Å². The van der Waals surface area contributed by atoms with Gasteiger partial charge in [0.2, 0.25) is 15.9 Å². The summed E-state index contributed by atoms with van der Waals surface area (Å²) >= 11 is 0. The number of anilines is 1. The summed E-state index contributed by atoms with van der Waals surface area (Å²) in [5.74, 6) is -3.82. The zero-order chi connectivity index (χ0) is 42.3. The van der Waals surface area contributed by atoms with E-state index in [0.29, 0.717) is 27.2 Å². The summed E-state index contributed by atoms with van der Waals surface area (Å²) in [7, 11) is -2.24. The molecule has 0 bridgehead atoms. The number of halogens is 7. The van der Waals surface area contributed by atoms with E-state index in [1.54, 1.807) is 45.2 Å². The summed E-state index contributed by atoms with van der Waals surface area (Å²) in [4.78, 5) is 18.7. The smallest absolute Gasteiger partial charge is 0.378 e. The van der Waals surface area contributed by atoms with Crippen LogP contribution in [0.25, 0.3) is 22.0 Å². The molecule has 3 N–H and O–H groups in total. The zero-order valence-electron chi connectivity index (χ0n) is 31.5. The molecule has 3 aromatic heterocycles. The average Bonchev–Trinajstić information content (AvgIpc) is 3.65. The van der Waals surface area contributed by atoms with E-state index in [2.05, 4.69) is 32.1 Å². The van der Waals surface area contributed by atoms with Crippen molar-refractivity contribution < 1.29 is 49.1 Å². The van der Waals surface area contributed by atoms with Crippen molar-refractivity contribution in [3.8, 4) is 23.0 Å². The lowest BCUT2D eigenvalue weighted by atomic mass is 9.92. The quantitative estimate of drug-likeness (QED) is 0.107. The SMILES string of the molecule is CC(C)C(C)(O)C#Cc1ccc(-c2cccc3c(NS(C)(=O)=O)nn(C)c23)c(C(Cc2cc(F)cc(F)c2)NC(=O)Cn2nc(C(F)(F)F)c3c2C(F)(F)[C@@H]2C[C@H]32)n1. The van der Waals surface area contributed by atoms with E-state index in [1.165, 1.54) is 17.7 Å². The van der Waals surface area contributed by atoms with Crippen LogP contribution in [0.1, 0.15) is 73.1 Å². The van der Waals surface area contributed by atoms with Gasteiger partial charge in [-0.2, -0.15) is 32.1 Å². The normalized spacial score (nSPS) is 18.6. The molecule has 3 heterocycles. The Balaban J connectivity index is 1.39. The van der Waals surface area contributed by atoms with Gasteiger partial charge in [-0.3, -0.25) is 18.9 Å². The molecule has 5 aromatic rings. The van der Waals surface area contributed by atoms with Crippen LogP contribution in [0.15, 0.2) is 48.5 Å². The molecular formula is C39H36F7N7O4S. The molecule has 4 atom stereocenters. The number of aryl methyl sites for hydroxylation is 1. The lowest BCUT2D eigenvalue weighted by Gasteiger charge is -2.23. The number of rotatable bonds is 10. The summed E-state index contributed by atoms with van der Waals surface area (Å²) < 4.78 is 131. The molecule has 1 amide bonds. The van der Waals surface area contributed by atoms with Crippen molar-refractivity contribution in [3.63, 3.8) is 0 Å². The number of nitrogens with zero attached hydrogens (tertiary/aromatic N) is 5. The number of pyridine rings is 1. The Kier molecular flexibility index (Phi) is 9.91. The molecular weight excluding hydrogens is 796 g/mol. The van der Waals surface area contributed by atoms with Crippen LogP contribution >= 0.6 is 0 Å². The van der Waals surface area contributed by atoms with Gasteiger partial charge in [-0.1, -0.05) is 31.9 Å². The van der Waals surface area contributed by atoms with Crippen molar-refractivity contribution in [2.45, 2.75) is 69.8 Å². The van der Waals surface area contributed by atoms with Gasteiger partial charge in [-0.05, 0) is 73.4 Å². The average molecular weight is 832 g/mol. The monoisotopic (exact) mass is 831 g/mol. The molecule has 58 heavy (non-hydrogen) atoms. The first-order valence-corrected chi connectivity index (χ1v) is 19.8. The van der Waals surface area contributed by atoms with Crippen molar-refractivity contribution in [2.75, 3.05) is 11.0 Å². The Labute approximate surface area is 327 Å². The number of fused-ring (bicyclic) bond motifs is 4. The van der Waals surface area contributed by atoms with E-state index in [-0.39, 0.29) is 47.1 Å². The van der Waals surface area contributed by atoms with Crippen LogP contribution in [0.2, 0.25) is 0 Å². The molecule has 19 heteroatoms. The summed E-state index contributed by atoms with van der Waals surface area (Å²) in [6.45, 7) is 3.90. The maximum absolute atomic E-state index is 15.4. The minimum atomic E-state index is -5.08. The van der Waals surface area contributed by atoms with Crippen molar-refractivity contribution in [3.05, 3.63) is 94.1 Å². The number of benzene rings is 2. The number of carbonyl (C=O) groups is 1. The van der Waals surface area contributed by atoms with E-state index >= 15 is 8.78 Å². The Morgan fingerprint density at radius 1 is 1.07 bits per heavy atom. The first kappa shape index (κ1) is 40.7. The second-order valence-electron chi connectivity index (χ2n) is 15.2. The number of para-hydroxylation sites is 1. The van der Waals surface area contributed by atoms with Gasteiger partial charge in [-0.15, -0.1) is 0 Å². The largest absolute Gasteiger partial charge is 0.435 e. The topological polar surface area (TPSA) is 144 Å². The third-order valence-electron chi connectivity index (χ3n) is 10.5. The van der Waals surface area contributed by atoms with Gasteiger partial charge in [0.15, 0.2) is 11.5 Å². The van der Waals surface area contributed by atoms with Crippen molar-refractivity contribution in [1.29, 1.82) is 0 Å². The summed E-state index contributed by atoms with van der Waals surface area (Å²) in [5.41, 5.74) is -3.47. The fraction of sp³-hybridized carbons (Fsp3) is 0.385. The third kappa shape index (κ3) is 7.74. The second-order valence-corrected chi connectivity index (χ2v) is 16.9. The lowest BCUT2D eigenvalue weighted by Crippen LogP contribution is -2.35. The first-order chi connectivity index (χ1) is 26.9. The summed E-state index contributed by atoms with van der Waals surface area (Å²) in [6, 6.07) is 9.18. The Morgan fingerprint density at radius 3 is 2.40 bits per heavy atom. The number of hydrogen-bond donors (Lipinski definition) is 3. The minimum Gasteiger partial charge on any atom is -0.378 e. The van der Waals surface area contributed by atoms with Gasteiger partial charge in [0, 0.05) is 41.1 Å². The first-order valence-electron chi connectivity index (χ1n) is 18.0. The highest BCUT2D eigenvalue weighted by molar-refractivity contribution is 7.92. The molecule has 1 saturated carbocycles. The van der Waals surface area contributed by atoms with E-state index in [0.717, 1.165) is 18.4 Å². The maximum Gasteiger partial charge on any atom is 0.435 e. The Hall–Kier alpha value is -5.48. The molecule has 0 spiro atoms. The number of hydrogen-bond acceptors (Lipinski definition) is 7. The fourth-order valence-corrected chi connectivity index (χ4v) is 7.83. The van der Waals surface area contributed by atoms with E-state index < -0.39 is 86.6 Å². The van der Waals surface area contributed by atoms with Gasteiger partial charge < -0.3 is 10.4 Å². The maximum atomic E-state index is 15.4. The van der Waals surface area contributed by atoms with Gasteiger partial charge in [-0.25, -0.2) is 22.2 Å². The third-order valence-corrected chi connectivity index (χ3v) is 11.0. The molecule has 0 saturated heterocycles. The van der Waals surface area contributed by atoms with E-state index in [4.69, 9.17) is 4.98 Å². The molecule has 7 rings (SSSR count). The van der Waals surface area contributed by atoms with Crippen LogP contribution < -0.4 is 10.0 Å². The van der Waals surface area contributed by atoms with Gasteiger partial charge in [0.05, 0.1) is 23.5 Å². The van der Waals surface area contributed by atoms with Crippen LogP contribution in [0.4, 0.5) is 36.6 Å². The summed E-state index contributed by atoms with van der Waals surface area (Å²) in [5, 5.41) is 21.6. The molecule has 0 radical (unpaired) electrons. The number of amides is 1. The number of aromatic nitrogens is 5. The van der Waals surface area contributed by atoms with Gasteiger partial charge in [0.25, 0.3) is 5.92 Å². The summed E-state index contributed by atoms with van der Waals surface area (Å²) in [6.07, 6.45) is -4.66. The lowest BCUT2D eigenvalue weighted by molar-refractivity contribution is -0.142.